The Morgan fingerprint density at radius 1 is 1.18 bits per heavy atom. The van der Waals surface area contributed by atoms with Crippen molar-refractivity contribution in [2.24, 2.45) is 0 Å². The first-order valence-corrected chi connectivity index (χ1v) is 6.73. The van der Waals surface area contributed by atoms with Crippen LogP contribution < -0.4 is 4.74 Å². The van der Waals surface area contributed by atoms with Gasteiger partial charge in [0.05, 0.1) is 6.61 Å². The van der Waals surface area contributed by atoms with E-state index in [0.29, 0.717) is 5.56 Å². The summed E-state index contributed by atoms with van der Waals surface area (Å²) < 4.78 is 15.8. The van der Waals surface area contributed by atoms with Gasteiger partial charge in [-0.05, 0) is 18.6 Å². The van der Waals surface area contributed by atoms with Gasteiger partial charge in [-0.25, -0.2) is 0 Å². The number of rotatable bonds is 4. The molecule has 0 aromatic heterocycles. The highest BCUT2D eigenvalue weighted by Crippen LogP contribution is 2.36. The van der Waals surface area contributed by atoms with E-state index in [1.165, 1.54) is 13.2 Å². The lowest BCUT2D eigenvalue weighted by atomic mass is 9.99. The van der Waals surface area contributed by atoms with Crippen molar-refractivity contribution in [3.63, 3.8) is 0 Å². The average molecular weight is 316 g/mol. The van der Waals surface area contributed by atoms with Crippen molar-refractivity contribution in [1.29, 1.82) is 0 Å². The van der Waals surface area contributed by atoms with Gasteiger partial charge in [-0.1, -0.05) is 0 Å². The molecular formula is C14H20O8. The van der Waals surface area contributed by atoms with Crippen LogP contribution in [0.1, 0.15) is 5.56 Å². The van der Waals surface area contributed by atoms with Gasteiger partial charge < -0.3 is 39.7 Å². The minimum atomic E-state index is -1.44. The van der Waals surface area contributed by atoms with Crippen molar-refractivity contribution in [2.45, 2.75) is 37.6 Å². The summed E-state index contributed by atoms with van der Waals surface area (Å²) >= 11 is 0. The van der Waals surface area contributed by atoms with Gasteiger partial charge in [-0.3, -0.25) is 0 Å². The number of ether oxygens (including phenoxy) is 3. The standard InChI is InChI=1S/C14H20O8/c1-6-3-7(16)4-8(17)12(6)22-14-11(19)10(18)13(20-2)9(5-15)21-14/h3-4,9-11,13-19H,5H2,1-2H3/t9-,10-,11-,13-,14?/m1/s1. The van der Waals surface area contributed by atoms with Crippen molar-refractivity contribution in [3.05, 3.63) is 17.7 Å². The Balaban J connectivity index is 2.22. The van der Waals surface area contributed by atoms with Crippen LogP contribution in [0.25, 0.3) is 0 Å². The molecule has 2 rings (SSSR count). The molecule has 5 atom stereocenters. The number of benzene rings is 1. The number of aryl methyl sites for hydroxylation is 1. The fourth-order valence-electron chi connectivity index (χ4n) is 2.45. The predicted molar refractivity (Wildman–Crippen MR) is 73.7 cm³/mol. The van der Waals surface area contributed by atoms with Crippen LogP contribution in [0.15, 0.2) is 12.1 Å². The van der Waals surface area contributed by atoms with Gasteiger partial charge in [0, 0.05) is 13.2 Å². The Hall–Kier alpha value is -1.58. The number of phenolic OH excluding ortho intramolecular Hbond substituents is 2. The van der Waals surface area contributed by atoms with E-state index in [1.54, 1.807) is 6.92 Å². The highest BCUT2D eigenvalue weighted by Gasteiger charge is 2.46. The Bertz CT molecular complexity index is 495. The molecule has 0 radical (unpaired) electrons. The van der Waals surface area contributed by atoms with E-state index in [9.17, 15) is 25.5 Å². The maximum Gasteiger partial charge on any atom is 0.229 e. The molecule has 1 fully saturated rings. The molecule has 5 N–H and O–H groups in total. The SMILES string of the molecule is CO[C@H]1[C@H](O)[C@@H](O)C(Oc2c(C)cc(O)cc2O)O[C@@H]1CO. The molecule has 8 nitrogen and oxygen atoms in total. The normalized spacial score (nSPS) is 32.0. The quantitative estimate of drug-likeness (QED) is 0.490. The summed E-state index contributed by atoms with van der Waals surface area (Å²) in [5.74, 6) is -0.473. The smallest absolute Gasteiger partial charge is 0.229 e. The van der Waals surface area contributed by atoms with Gasteiger partial charge in [0.2, 0.25) is 6.29 Å². The molecule has 0 bridgehead atoms. The van der Waals surface area contributed by atoms with Crippen LogP contribution in [0.4, 0.5) is 0 Å². The van der Waals surface area contributed by atoms with E-state index >= 15 is 0 Å². The molecule has 1 aliphatic rings. The molecule has 1 unspecified atom stereocenters. The monoisotopic (exact) mass is 316 g/mol. The summed E-state index contributed by atoms with van der Waals surface area (Å²) in [7, 11) is 1.32. The molecule has 0 saturated carbocycles. The van der Waals surface area contributed by atoms with Crippen LogP contribution in [-0.4, -0.2) is 70.0 Å². The highest BCUT2D eigenvalue weighted by molar-refractivity contribution is 5.50. The molecule has 22 heavy (non-hydrogen) atoms. The van der Waals surface area contributed by atoms with E-state index < -0.39 is 37.3 Å². The number of hydrogen-bond acceptors (Lipinski definition) is 8. The number of phenols is 2. The first-order chi connectivity index (χ1) is 10.4. The largest absolute Gasteiger partial charge is 0.508 e. The minimum Gasteiger partial charge on any atom is -0.508 e. The maximum absolute atomic E-state index is 10.1. The van der Waals surface area contributed by atoms with Crippen LogP contribution in [-0.2, 0) is 9.47 Å². The van der Waals surface area contributed by atoms with Gasteiger partial charge in [0.1, 0.15) is 30.2 Å². The third-order valence-electron chi connectivity index (χ3n) is 3.57. The molecular weight excluding hydrogens is 296 g/mol. The first-order valence-electron chi connectivity index (χ1n) is 6.73. The Morgan fingerprint density at radius 3 is 2.41 bits per heavy atom. The second kappa shape index (κ2) is 6.67. The second-order valence-corrected chi connectivity index (χ2v) is 5.14. The average Bonchev–Trinajstić information content (AvgIpc) is 2.46. The lowest BCUT2D eigenvalue weighted by Gasteiger charge is -2.41. The summed E-state index contributed by atoms with van der Waals surface area (Å²) in [6.45, 7) is 1.14. The summed E-state index contributed by atoms with van der Waals surface area (Å²) in [5.41, 5.74) is 0.414. The van der Waals surface area contributed by atoms with E-state index in [0.717, 1.165) is 6.07 Å². The third-order valence-corrected chi connectivity index (χ3v) is 3.57. The molecule has 1 aromatic rings. The lowest BCUT2D eigenvalue weighted by molar-refractivity contribution is -0.282. The van der Waals surface area contributed by atoms with Crippen molar-refractivity contribution in [2.75, 3.05) is 13.7 Å². The molecule has 1 saturated heterocycles. The van der Waals surface area contributed by atoms with Crippen LogP contribution in [0.5, 0.6) is 17.2 Å². The summed E-state index contributed by atoms with van der Waals surface area (Å²) in [6, 6.07) is 2.44. The Labute approximate surface area is 127 Å². The second-order valence-electron chi connectivity index (χ2n) is 5.14. The van der Waals surface area contributed by atoms with E-state index in [2.05, 4.69) is 0 Å². The van der Waals surface area contributed by atoms with Crippen molar-refractivity contribution < 1.29 is 39.7 Å². The Morgan fingerprint density at radius 2 is 1.86 bits per heavy atom. The van der Waals surface area contributed by atoms with Gasteiger partial charge in [-0.2, -0.15) is 0 Å². The number of methoxy groups -OCH3 is 1. The first kappa shape index (κ1) is 16.8. The fourth-order valence-corrected chi connectivity index (χ4v) is 2.45. The summed E-state index contributed by atoms with van der Waals surface area (Å²) in [5, 5.41) is 48.6. The zero-order valence-electron chi connectivity index (χ0n) is 12.2. The highest BCUT2D eigenvalue weighted by atomic mass is 16.7. The molecule has 0 spiro atoms. The summed E-state index contributed by atoms with van der Waals surface area (Å²) in [4.78, 5) is 0. The van der Waals surface area contributed by atoms with Crippen LogP contribution in [0, 0.1) is 6.92 Å². The zero-order chi connectivity index (χ0) is 16.4. The van der Waals surface area contributed by atoms with Crippen molar-refractivity contribution in [3.8, 4) is 17.2 Å². The van der Waals surface area contributed by atoms with Crippen LogP contribution in [0.3, 0.4) is 0 Å². The van der Waals surface area contributed by atoms with Crippen LogP contribution >= 0.6 is 0 Å². The molecule has 1 aliphatic heterocycles. The zero-order valence-corrected chi connectivity index (χ0v) is 12.2. The molecule has 0 amide bonds. The van der Waals surface area contributed by atoms with E-state index in [-0.39, 0.29) is 17.2 Å². The van der Waals surface area contributed by atoms with E-state index in [1.807, 2.05) is 0 Å². The number of hydrogen-bond donors (Lipinski definition) is 5. The predicted octanol–water partition coefficient (Wildman–Crippen LogP) is -0.761. The maximum atomic E-state index is 10.1. The van der Waals surface area contributed by atoms with Crippen molar-refractivity contribution >= 4 is 0 Å². The number of aromatic hydroxyl groups is 2. The third kappa shape index (κ3) is 3.11. The number of aliphatic hydroxyl groups excluding tert-OH is 3. The minimum absolute atomic E-state index is 0.00149. The molecule has 1 aromatic carbocycles. The van der Waals surface area contributed by atoms with Gasteiger partial charge in [0.15, 0.2) is 11.5 Å². The van der Waals surface area contributed by atoms with Crippen LogP contribution in [0.2, 0.25) is 0 Å². The molecule has 124 valence electrons. The topological polar surface area (TPSA) is 129 Å². The lowest BCUT2D eigenvalue weighted by Crippen LogP contribution is -2.60. The van der Waals surface area contributed by atoms with E-state index in [4.69, 9.17) is 14.2 Å². The summed E-state index contributed by atoms with van der Waals surface area (Å²) in [6.07, 6.45) is -5.89. The number of aliphatic hydroxyl groups is 3. The molecule has 0 aliphatic carbocycles. The van der Waals surface area contributed by atoms with Crippen molar-refractivity contribution in [1.82, 2.24) is 0 Å². The Kier molecular flexibility index (Phi) is 5.09. The fraction of sp³-hybridized carbons (Fsp3) is 0.571. The van der Waals surface area contributed by atoms with Gasteiger partial charge in [-0.15, -0.1) is 0 Å². The molecule has 8 heteroatoms. The van der Waals surface area contributed by atoms with Gasteiger partial charge in [0.25, 0.3) is 0 Å². The van der Waals surface area contributed by atoms with Gasteiger partial charge >= 0.3 is 0 Å². The molecule has 1 heterocycles.